The number of benzene rings is 1. The molecule has 0 saturated heterocycles. The van der Waals surface area contributed by atoms with Gasteiger partial charge in [-0.1, -0.05) is 13.0 Å². The zero-order valence-electron chi connectivity index (χ0n) is 10.9. The van der Waals surface area contributed by atoms with Gasteiger partial charge in [0.15, 0.2) is 0 Å². The van der Waals surface area contributed by atoms with Crippen molar-refractivity contribution in [3.63, 3.8) is 0 Å². The van der Waals surface area contributed by atoms with Crippen molar-refractivity contribution in [2.24, 2.45) is 0 Å². The molecular weight excluding hydrogens is 271 g/mol. The zero-order chi connectivity index (χ0) is 13.9. The molecule has 1 aliphatic carbocycles. The summed E-state index contributed by atoms with van der Waals surface area (Å²) in [4.78, 5) is 0.698. The first-order chi connectivity index (χ1) is 9.00. The van der Waals surface area contributed by atoms with Crippen LogP contribution in [-0.2, 0) is 12.7 Å². The van der Waals surface area contributed by atoms with E-state index in [4.69, 9.17) is 0 Å². The smallest absolute Gasteiger partial charge is 0.310 e. The fourth-order valence-electron chi connectivity index (χ4n) is 1.83. The minimum atomic E-state index is -4.27. The van der Waals surface area contributed by atoms with Crippen LogP contribution in [-0.4, -0.2) is 11.8 Å². The highest BCUT2D eigenvalue weighted by Crippen LogP contribution is 2.35. The second-order valence-electron chi connectivity index (χ2n) is 4.82. The molecule has 0 aliphatic heterocycles. The number of alkyl halides is 3. The van der Waals surface area contributed by atoms with Crippen molar-refractivity contribution in [1.29, 1.82) is 0 Å². The summed E-state index contributed by atoms with van der Waals surface area (Å²) >= 11 is 1.48. The zero-order valence-corrected chi connectivity index (χ0v) is 11.7. The Kier molecular flexibility index (Phi) is 4.79. The van der Waals surface area contributed by atoms with Crippen LogP contribution in [0, 0.1) is 0 Å². The molecule has 1 saturated carbocycles. The topological polar surface area (TPSA) is 12.0 Å². The second kappa shape index (κ2) is 6.18. The molecule has 0 bridgehead atoms. The fourth-order valence-corrected chi connectivity index (χ4v) is 2.63. The summed E-state index contributed by atoms with van der Waals surface area (Å²) in [5.41, 5.74) is -0.151. The van der Waals surface area contributed by atoms with Gasteiger partial charge in [0, 0.05) is 17.5 Å². The van der Waals surface area contributed by atoms with Gasteiger partial charge in [-0.25, -0.2) is 0 Å². The SMILES string of the molecule is CCCSc1ccc(CNC2CC2)c(C(F)(F)F)c1. The first-order valence-corrected chi connectivity index (χ1v) is 7.55. The maximum absolute atomic E-state index is 13.1. The van der Waals surface area contributed by atoms with Crippen molar-refractivity contribution in [3.05, 3.63) is 29.3 Å². The van der Waals surface area contributed by atoms with Gasteiger partial charge in [0.2, 0.25) is 0 Å². The highest BCUT2D eigenvalue weighted by atomic mass is 32.2. The van der Waals surface area contributed by atoms with E-state index in [1.54, 1.807) is 12.1 Å². The van der Waals surface area contributed by atoms with Gasteiger partial charge in [-0.3, -0.25) is 0 Å². The van der Waals surface area contributed by atoms with Gasteiger partial charge < -0.3 is 5.32 Å². The van der Waals surface area contributed by atoms with Crippen LogP contribution in [0.15, 0.2) is 23.1 Å². The lowest BCUT2D eigenvalue weighted by atomic mass is 10.1. The van der Waals surface area contributed by atoms with Crippen LogP contribution >= 0.6 is 11.8 Å². The Morgan fingerprint density at radius 2 is 2.05 bits per heavy atom. The highest BCUT2D eigenvalue weighted by Gasteiger charge is 2.34. The van der Waals surface area contributed by atoms with Crippen LogP contribution in [0.1, 0.15) is 37.3 Å². The predicted octanol–water partition coefficient (Wildman–Crippen LogP) is 4.46. The van der Waals surface area contributed by atoms with E-state index in [9.17, 15) is 13.2 Å². The lowest BCUT2D eigenvalue weighted by molar-refractivity contribution is -0.138. The number of hydrogen-bond donors (Lipinski definition) is 1. The van der Waals surface area contributed by atoms with Crippen molar-refractivity contribution in [2.45, 2.75) is 49.8 Å². The van der Waals surface area contributed by atoms with E-state index in [0.29, 0.717) is 23.0 Å². The van der Waals surface area contributed by atoms with Crippen molar-refractivity contribution in [3.8, 4) is 0 Å². The fraction of sp³-hybridized carbons (Fsp3) is 0.571. The Hall–Kier alpha value is -0.680. The van der Waals surface area contributed by atoms with E-state index >= 15 is 0 Å². The van der Waals surface area contributed by atoms with Gasteiger partial charge in [-0.05, 0) is 42.7 Å². The van der Waals surface area contributed by atoms with E-state index < -0.39 is 11.7 Å². The average molecular weight is 289 g/mol. The lowest BCUT2D eigenvalue weighted by Crippen LogP contribution is -2.19. The van der Waals surface area contributed by atoms with Gasteiger partial charge in [0.1, 0.15) is 0 Å². The third kappa shape index (κ3) is 4.42. The van der Waals surface area contributed by atoms with Crippen LogP contribution in [0.25, 0.3) is 0 Å². The number of nitrogens with one attached hydrogen (secondary N) is 1. The molecule has 2 rings (SSSR count). The molecule has 1 aliphatic rings. The molecule has 0 aromatic heterocycles. The third-order valence-electron chi connectivity index (χ3n) is 3.02. The highest BCUT2D eigenvalue weighted by molar-refractivity contribution is 7.99. The predicted molar refractivity (Wildman–Crippen MR) is 72.3 cm³/mol. The van der Waals surface area contributed by atoms with E-state index in [1.807, 2.05) is 6.92 Å². The van der Waals surface area contributed by atoms with E-state index in [0.717, 1.165) is 25.0 Å². The maximum atomic E-state index is 13.1. The van der Waals surface area contributed by atoms with E-state index in [2.05, 4.69) is 5.32 Å². The summed E-state index contributed by atoms with van der Waals surface area (Å²) in [5.74, 6) is 0.844. The molecule has 0 spiro atoms. The summed E-state index contributed by atoms with van der Waals surface area (Å²) < 4.78 is 39.2. The van der Waals surface area contributed by atoms with Crippen LogP contribution < -0.4 is 5.32 Å². The van der Waals surface area contributed by atoms with Crippen molar-refractivity contribution in [2.75, 3.05) is 5.75 Å². The summed E-state index contributed by atoms with van der Waals surface area (Å²) in [5, 5.41) is 3.14. The largest absolute Gasteiger partial charge is 0.416 e. The second-order valence-corrected chi connectivity index (χ2v) is 5.99. The summed E-state index contributed by atoms with van der Waals surface area (Å²) in [6.07, 6.45) is -1.17. The first kappa shape index (κ1) is 14.7. The van der Waals surface area contributed by atoms with Crippen molar-refractivity contribution in [1.82, 2.24) is 5.32 Å². The Balaban J connectivity index is 2.15. The van der Waals surface area contributed by atoms with Crippen molar-refractivity contribution < 1.29 is 13.2 Å². The lowest BCUT2D eigenvalue weighted by Gasteiger charge is -2.15. The van der Waals surface area contributed by atoms with E-state index in [1.165, 1.54) is 17.8 Å². The number of rotatable bonds is 6. The molecule has 0 amide bonds. The summed E-state index contributed by atoms with van der Waals surface area (Å²) in [7, 11) is 0. The standard InChI is InChI=1S/C14H18F3NS/c1-2-7-19-12-6-3-10(9-18-11-4-5-11)13(8-12)14(15,16)17/h3,6,8,11,18H,2,4-5,7,9H2,1H3. The molecule has 1 fully saturated rings. The Morgan fingerprint density at radius 3 is 2.63 bits per heavy atom. The Morgan fingerprint density at radius 1 is 1.32 bits per heavy atom. The number of halogens is 3. The Bertz CT molecular complexity index is 427. The molecule has 106 valence electrons. The molecule has 0 radical (unpaired) electrons. The van der Waals surface area contributed by atoms with Crippen LogP contribution in [0.4, 0.5) is 13.2 Å². The third-order valence-corrected chi connectivity index (χ3v) is 4.22. The molecule has 19 heavy (non-hydrogen) atoms. The van der Waals surface area contributed by atoms with Crippen LogP contribution in [0.5, 0.6) is 0 Å². The van der Waals surface area contributed by atoms with Gasteiger partial charge in [-0.15, -0.1) is 11.8 Å². The van der Waals surface area contributed by atoms with Crippen LogP contribution in [0.3, 0.4) is 0 Å². The van der Waals surface area contributed by atoms with Gasteiger partial charge >= 0.3 is 6.18 Å². The Labute approximate surface area is 116 Å². The average Bonchev–Trinajstić information content (AvgIpc) is 3.17. The minimum Gasteiger partial charge on any atom is -0.310 e. The molecule has 0 heterocycles. The molecule has 0 unspecified atom stereocenters. The van der Waals surface area contributed by atoms with E-state index in [-0.39, 0.29) is 0 Å². The van der Waals surface area contributed by atoms with Crippen LogP contribution in [0.2, 0.25) is 0 Å². The molecule has 5 heteroatoms. The van der Waals surface area contributed by atoms with Gasteiger partial charge in [0.25, 0.3) is 0 Å². The first-order valence-electron chi connectivity index (χ1n) is 6.57. The maximum Gasteiger partial charge on any atom is 0.416 e. The summed E-state index contributed by atoms with van der Waals surface area (Å²) in [6, 6.07) is 5.09. The quantitative estimate of drug-likeness (QED) is 0.776. The summed E-state index contributed by atoms with van der Waals surface area (Å²) in [6.45, 7) is 2.32. The van der Waals surface area contributed by atoms with Gasteiger partial charge in [0.05, 0.1) is 5.56 Å². The molecule has 1 N–H and O–H groups in total. The molecule has 1 nitrogen and oxygen atoms in total. The molecule has 0 atom stereocenters. The normalized spacial score (nSPS) is 15.8. The number of hydrogen-bond acceptors (Lipinski definition) is 2. The van der Waals surface area contributed by atoms with Crippen molar-refractivity contribution >= 4 is 11.8 Å². The monoisotopic (exact) mass is 289 g/mol. The molecule has 1 aromatic carbocycles. The molecular formula is C14H18F3NS. The minimum absolute atomic E-state index is 0.304. The molecule has 1 aromatic rings. The number of thioether (sulfide) groups is 1. The van der Waals surface area contributed by atoms with Gasteiger partial charge in [-0.2, -0.15) is 13.2 Å².